The van der Waals surface area contributed by atoms with E-state index in [9.17, 15) is 0 Å². The van der Waals surface area contributed by atoms with E-state index < -0.39 is 0 Å². The minimum Gasteiger partial charge on any atom is -0.310 e. The summed E-state index contributed by atoms with van der Waals surface area (Å²) in [6, 6.07) is 70.4. The molecule has 2 nitrogen and oxygen atoms in total. The van der Waals surface area contributed by atoms with Gasteiger partial charge in [-0.2, -0.15) is 0 Å². The first kappa shape index (κ1) is 30.8. The van der Waals surface area contributed by atoms with Gasteiger partial charge in [-0.1, -0.05) is 152 Å². The summed E-state index contributed by atoms with van der Waals surface area (Å²) in [5, 5.41) is 9.97. The molecule has 0 radical (unpaired) electrons. The highest BCUT2D eigenvalue weighted by Gasteiger charge is 2.19. The van der Waals surface area contributed by atoms with Gasteiger partial charge in [-0.05, 0) is 119 Å². The lowest BCUT2D eigenvalue weighted by Crippen LogP contribution is -2.09. The number of aromatic nitrogens is 1. The summed E-state index contributed by atoms with van der Waals surface area (Å²) in [7, 11) is 0. The quantitative estimate of drug-likeness (QED) is 0.163. The lowest BCUT2D eigenvalue weighted by atomic mass is 9.85. The van der Waals surface area contributed by atoms with Gasteiger partial charge in [0.2, 0.25) is 0 Å². The second kappa shape index (κ2) is 12.9. The summed E-state index contributed by atoms with van der Waals surface area (Å²) in [4.78, 5) is 6.69. The van der Waals surface area contributed by atoms with E-state index in [1.54, 1.807) is 0 Å². The normalized spacial score (nSPS) is 11.4. The fourth-order valence-electron chi connectivity index (χ4n) is 8.05. The van der Waals surface area contributed by atoms with E-state index in [1.807, 2.05) is 18.5 Å². The van der Waals surface area contributed by atoms with Crippen molar-refractivity contribution in [2.45, 2.75) is 0 Å². The SMILES string of the molecule is c1cncc(-c2ccc(N(c3ccc(-c4c5ccccc5c(-c5cccc6ccccc56)c5ccccc45)cc3)c3ccc4ccccc4c3)cc2)c1. The summed E-state index contributed by atoms with van der Waals surface area (Å²) in [6.45, 7) is 0. The molecule has 0 atom stereocenters. The van der Waals surface area contributed by atoms with Crippen molar-refractivity contribution in [3.63, 3.8) is 0 Å². The summed E-state index contributed by atoms with van der Waals surface area (Å²) < 4.78 is 0. The lowest BCUT2D eigenvalue weighted by Gasteiger charge is -2.26. The Morgan fingerprint density at radius 2 is 0.849 bits per heavy atom. The van der Waals surface area contributed by atoms with Crippen molar-refractivity contribution in [3.8, 4) is 33.4 Å². The molecule has 2 heteroatoms. The molecule has 0 fully saturated rings. The average molecular weight is 675 g/mol. The number of anilines is 3. The first-order chi connectivity index (χ1) is 26.3. The number of hydrogen-bond acceptors (Lipinski definition) is 2. The summed E-state index contributed by atoms with van der Waals surface area (Å²) in [5.41, 5.74) is 10.5. The molecule has 0 aliphatic heterocycles. The van der Waals surface area contributed by atoms with Gasteiger partial charge in [0.15, 0.2) is 0 Å². The van der Waals surface area contributed by atoms with Crippen LogP contribution in [0.25, 0.3) is 76.5 Å². The summed E-state index contributed by atoms with van der Waals surface area (Å²) in [6.07, 6.45) is 3.73. The first-order valence-electron chi connectivity index (χ1n) is 18.1. The van der Waals surface area contributed by atoms with Crippen molar-refractivity contribution in [1.82, 2.24) is 4.98 Å². The Morgan fingerprint density at radius 1 is 0.321 bits per heavy atom. The van der Waals surface area contributed by atoms with Crippen LogP contribution < -0.4 is 4.90 Å². The van der Waals surface area contributed by atoms with Crippen LogP contribution in [0.15, 0.2) is 207 Å². The van der Waals surface area contributed by atoms with E-state index in [0.29, 0.717) is 0 Å². The highest BCUT2D eigenvalue weighted by atomic mass is 15.1. The Hall–Kier alpha value is -7.03. The summed E-state index contributed by atoms with van der Waals surface area (Å²) >= 11 is 0. The molecule has 0 spiro atoms. The molecule has 0 aliphatic rings. The highest BCUT2D eigenvalue weighted by Crippen LogP contribution is 2.46. The van der Waals surface area contributed by atoms with Gasteiger partial charge in [-0.15, -0.1) is 0 Å². The average Bonchev–Trinajstić information content (AvgIpc) is 3.23. The number of hydrogen-bond donors (Lipinski definition) is 0. The third-order valence-electron chi connectivity index (χ3n) is 10.5. The second-order valence-corrected chi connectivity index (χ2v) is 13.6. The van der Waals surface area contributed by atoms with Crippen molar-refractivity contribution >= 4 is 60.2 Å². The van der Waals surface area contributed by atoms with E-state index in [1.165, 1.54) is 65.3 Å². The molecule has 0 aliphatic carbocycles. The van der Waals surface area contributed by atoms with Gasteiger partial charge in [-0.3, -0.25) is 4.98 Å². The van der Waals surface area contributed by atoms with Gasteiger partial charge >= 0.3 is 0 Å². The van der Waals surface area contributed by atoms with Crippen LogP contribution in [0.1, 0.15) is 0 Å². The number of rotatable bonds is 6. The van der Waals surface area contributed by atoms with Crippen LogP contribution in [0.2, 0.25) is 0 Å². The molecule has 1 heterocycles. The first-order valence-corrected chi connectivity index (χ1v) is 18.1. The molecule has 0 saturated carbocycles. The van der Waals surface area contributed by atoms with Crippen LogP contribution in [-0.4, -0.2) is 4.98 Å². The van der Waals surface area contributed by atoms with Crippen molar-refractivity contribution in [3.05, 3.63) is 207 Å². The molecule has 9 aromatic carbocycles. The molecule has 0 unspecified atom stereocenters. The maximum absolute atomic E-state index is 4.34. The van der Waals surface area contributed by atoms with Crippen LogP contribution in [0.3, 0.4) is 0 Å². The maximum Gasteiger partial charge on any atom is 0.0468 e. The highest BCUT2D eigenvalue weighted by molar-refractivity contribution is 6.23. The third kappa shape index (κ3) is 5.40. The molecule has 0 amide bonds. The third-order valence-corrected chi connectivity index (χ3v) is 10.5. The van der Waals surface area contributed by atoms with E-state index in [4.69, 9.17) is 0 Å². The Bertz CT molecular complexity index is 2870. The topological polar surface area (TPSA) is 16.1 Å². The minimum atomic E-state index is 1.09. The van der Waals surface area contributed by atoms with Crippen LogP contribution in [0.5, 0.6) is 0 Å². The predicted octanol–water partition coefficient (Wildman–Crippen LogP) is 14.2. The Balaban J connectivity index is 1.14. The molecule has 1 aromatic heterocycles. The van der Waals surface area contributed by atoms with E-state index in [-0.39, 0.29) is 0 Å². The molecule has 0 N–H and O–H groups in total. The predicted molar refractivity (Wildman–Crippen MR) is 225 cm³/mol. The van der Waals surface area contributed by atoms with Crippen molar-refractivity contribution < 1.29 is 0 Å². The molecular formula is C51H34N2. The van der Waals surface area contributed by atoms with Gasteiger partial charge in [0.1, 0.15) is 0 Å². The Labute approximate surface area is 308 Å². The van der Waals surface area contributed by atoms with E-state index >= 15 is 0 Å². The number of pyridine rings is 1. The number of nitrogens with zero attached hydrogens (tertiary/aromatic N) is 2. The second-order valence-electron chi connectivity index (χ2n) is 13.6. The number of fused-ring (bicyclic) bond motifs is 4. The molecular weight excluding hydrogens is 641 g/mol. The van der Waals surface area contributed by atoms with Gasteiger partial charge in [0.25, 0.3) is 0 Å². The standard InChI is InChI=1S/C51H34N2/c1-2-13-39-33-43(31-24-35(39)11-1)53(41-27-22-36(23-28-41)40-15-10-32-52-34-40)42-29-25-38(26-30-42)50-46-17-5-7-19-48(46)51(49-20-8-6-18-47(49)50)45-21-9-14-37-12-3-4-16-44(37)45/h1-34H. The number of benzene rings is 9. The molecule has 0 bridgehead atoms. The smallest absolute Gasteiger partial charge is 0.0468 e. The van der Waals surface area contributed by atoms with Crippen molar-refractivity contribution in [2.75, 3.05) is 4.90 Å². The fraction of sp³-hybridized carbons (Fsp3) is 0. The molecule has 53 heavy (non-hydrogen) atoms. The zero-order valence-corrected chi connectivity index (χ0v) is 29.0. The lowest BCUT2D eigenvalue weighted by molar-refractivity contribution is 1.29. The minimum absolute atomic E-state index is 1.09. The monoisotopic (exact) mass is 674 g/mol. The Kier molecular flexibility index (Phi) is 7.51. The van der Waals surface area contributed by atoms with E-state index in [2.05, 4.69) is 198 Å². The fourth-order valence-corrected chi connectivity index (χ4v) is 8.05. The van der Waals surface area contributed by atoms with Crippen molar-refractivity contribution in [2.24, 2.45) is 0 Å². The zero-order valence-electron chi connectivity index (χ0n) is 29.0. The van der Waals surface area contributed by atoms with Gasteiger partial charge < -0.3 is 4.90 Å². The Morgan fingerprint density at radius 3 is 1.49 bits per heavy atom. The van der Waals surface area contributed by atoms with Crippen molar-refractivity contribution in [1.29, 1.82) is 0 Å². The van der Waals surface area contributed by atoms with Crippen LogP contribution in [-0.2, 0) is 0 Å². The van der Waals surface area contributed by atoms with Crippen LogP contribution in [0.4, 0.5) is 17.1 Å². The van der Waals surface area contributed by atoms with E-state index in [0.717, 1.165) is 28.2 Å². The molecule has 0 saturated heterocycles. The zero-order chi connectivity index (χ0) is 35.1. The van der Waals surface area contributed by atoms with Crippen LogP contribution >= 0.6 is 0 Å². The summed E-state index contributed by atoms with van der Waals surface area (Å²) in [5.74, 6) is 0. The molecule has 10 rings (SSSR count). The van der Waals surface area contributed by atoms with Gasteiger partial charge in [0.05, 0.1) is 0 Å². The van der Waals surface area contributed by atoms with Crippen LogP contribution in [0, 0.1) is 0 Å². The largest absolute Gasteiger partial charge is 0.310 e. The van der Waals surface area contributed by atoms with Gasteiger partial charge in [0, 0.05) is 29.5 Å². The molecule has 10 aromatic rings. The maximum atomic E-state index is 4.34. The molecule has 248 valence electrons. The van der Waals surface area contributed by atoms with Gasteiger partial charge in [-0.25, -0.2) is 0 Å².